The third-order valence-electron chi connectivity index (χ3n) is 4.55. The van der Waals surface area contributed by atoms with Gasteiger partial charge in [0.15, 0.2) is 0 Å². The number of rotatable bonds is 2. The third-order valence-corrected chi connectivity index (χ3v) is 4.55. The summed E-state index contributed by atoms with van der Waals surface area (Å²) in [6.45, 7) is 7.51. The van der Waals surface area contributed by atoms with Crippen LogP contribution in [0.15, 0.2) is 6.07 Å². The van der Waals surface area contributed by atoms with E-state index in [4.69, 9.17) is 10.7 Å². The highest BCUT2D eigenvalue weighted by Gasteiger charge is 2.31. The fourth-order valence-electron chi connectivity index (χ4n) is 3.39. The van der Waals surface area contributed by atoms with Gasteiger partial charge in [0.2, 0.25) is 0 Å². The molecule has 0 radical (unpaired) electrons. The summed E-state index contributed by atoms with van der Waals surface area (Å²) in [5.74, 6) is 1.16. The van der Waals surface area contributed by atoms with Gasteiger partial charge in [0, 0.05) is 30.9 Å². The summed E-state index contributed by atoms with van der Waals surface area (Å²) in [5, 5.41) is 0. The number of pyridine rings is 1. The summed E-state index contributed by atoms with van der Waals surface area (Å²) in [6, 6.07) is 2.32. The Morgan fingerprint density at radius 1 is 1.32 bits per heavy atom. The summed E-state index contributed by atoms with van der Waals surface area (Å²) in [4.78, 5) is 7.42. The zero-order chi connectivity index (χ0) is 13.5. The van der Waals surface area contributed by atoms with Gasteiger partial charge in [-0.1, -0.05) is 13.8 Å². The average molecular weight is 259 g/mol. The molecule has 2 aliphatic rings. The van der Waals surface area contributed by atoms with Gasteiger partial charge in [-0.15, -0.1) is 0 Å². The number of fused-ring (bicyclic) bond motifs is 1. The van der Waals surface area contributed by atoms with E-state index in [-0.39, 0.29) is 0 Å². The van der Waals surface area contributed by atoms with Crippen molar-refractivity contribution >= 4 is 5.82 Å². The Balaban J connectivity index is 1.96. The normalized spacial score (nSPS) is 21.5. The summed E-state index contributed by atoms with van der Waals surface area (Å²) in [7, 11) is 0. The number of anilines is 1. The van der Waals surface area contributed by atoms with Gasteiger partial charge in [-0.25, -0.2) is 4.98 Å². The van der Waals surface area contributed by atoms with Crippen molar-refractivity contribution in [3.63, 3.8) is 0 Å². The fraction of sp³-hybridized carbons (Fsp3) is 0.688. The molecule has 3 nitrogen and oxygen atoms in total. The number of aromatic nitrogens is 1. The first-order valence-corrected chi connectivity index (χ1v) is 7.56. The van der Waals surface area contributed by atoms with E-state index < -0.39 is 0 Å². The molecule has 0 saturated carbocycles. The van der Waals surface area contributed by atoms with Crippen molar-refractivity contribution in [3.05, 3.63) is 22.9 Å². The topological polar surface area (TPSA) is 42.2 Å². The Morgan fingerprint density at radius 2 is 2.11 bits per heavy atom. The molecule has 0 unspecified atom stereocenters. The van der Waals surface area contributed by atoms with Crippen molar-refractivity contribution in [1.82, 2.24) is 4.98 Å². The molecule has 1 saturated heterocycles. The van der Waals surface area contributed by atoms with Gasteiger partial charge < -0.3 is 10.6 Å². The second kappa shape index (κ2) is 4.78. The van der Waals surface area contributed by atoms with Gasteiger partial charge in [-0.3, -0.25) is 0 Å². The highest BCUT2D eigenvalue weighted by atomic mass is 15.2. The smallest absolute Gasteiger partial charge is 0.133 e. The molecule has 1 aliphatic heterocycles. The van der Waals surface area contributed by atoms with Crippen LogP contribution in [0.3, 0.4) is 0 Å². The largest absolute Gasteiger partial charge is 0.356 e. The minimum absolute atomic E-state index is 0.406. The minimum Gasteiger partial charge on any atom is -0.356 e. The molecule has 0 bridgehead atoms. The molecule has 104 valence electrons. The Labute approximate surface area is 116 Å². The van der Waals surface area contributed by atoms with Crippen molar-refractivity contribution in [3.8, 4) is 0 Å². The lowest BCUT2D eigenvalue weighted by atomic mass is 9.93. The van der Waals surface area contributed by atoms with E-state index in [2.05, 4.69) is 24.8 Å². The summed E-state index contributed by atoms with van der Waals surface area (Å²) >= 11 is 0. The number of hydrogen-bond acceptors (Lipinski definition) is 3. The first kappa shape index (κ1) is 12.9. The number of nitrogens with zero attached hydrogens (tertiary/aromatic N) is 2. The van der Waals surface area contributed by atoms with Gasteiger partial charge in [0.05, 0.1) is 0 Å². The van der Waals surface area contributed by atoms with E-state index in [0.717, 1.165) is 25.3 Å². The lowest BCUT2D eigenvalue weighted by Gasteiger charge is -2.25. The molecule has 1 aliphatic carbocycles. The standard InChI is InChI=1S/C16H25N3/c1-16(2)7-8-19(11-16)15-13(10-17)9-12-5-3-4-6-14(12)18-15/h9H,3-8,10-11,17H2,1-2H3. The van der Waals surface area contributed by atoms with Crippen molar-refractivity contribution in [2.75, 3.05) is 18.0 Å². The van der Waals surface area contributed by atoms with Crippen molar-refractivity contribution < 1.29 is 0 Å². The number of aryl methyl sites for hydroxylation is 2. The number of hydrogen-bond donors (Lipinski definition) is 1. The fourth-order valence-corrected chi connectivity index (χ4v) is 3.39. The van der Waals surface area contributed by atoms with Crippen LogP contribution in [-0.2, 0) is 19.4 Å². The maximum atomic E-state index is 5.95. The molecule has 1 aromatic rings. The summed E-state index contributed by atoms with van der Waals surface area (Å²) in [6.07, 6.45) is 6.16. The van der Waals surface area contributed by atoms with Crippen molar-refractivity contribution in [2.45, 2.75) is 52.5 Å². The van der Waals surface area contributed by atoms with Crippen LogP contribution in [0.2, 0.25) is 0 Å². The molecule has 0 amide bonds. The highest BCUT2D eigenvalue weighted by Crippen LogP contribution is 2.34. The number of nitrogens with two attached hydrogens (primary N) is 1. The molecule has 0 spiro atoms. The molecule has 0 atom stereocenters. The van der Waals surface area contributed by atoms with E-state index in [1.807, 2.05) is 0 Å². The predicted molar refractivity (Wildman–Crippen MR) is 79.4 cm³/mol. The quantitative estimate of drug-likeness (QED) is 0.888. The Bertz CT molecular complexity index is 479. The van der Waals surface area contributed by atoms with E-state index in [0.29, 0.717) is 12.0 Å². The van der Waals surface area contributed by atoms with Crippen molar-refractivity contribution in [1.29, 1.82) is 0 Å². The SMILES string of the molecule is CC1(C)CCN(c2nc3c(cc2CN)CCCC3)C1. The maximum absolute atomic E-state index is 5.95. The van der Waals surface area contributed by atoms with Gasteiger partial charge in [0.1, 0.15) is 5.82 Å². The first-order chi connectivity index (χ1) is 9.09. The van der Waals surface area contributed by atoms with Gasteiger partial charge >= 0.3 is 0 Å². The predicted octanol–water partition coefficient (Wildman–Crippen LogP) is 2.66. The minimum atomic E-state index is 0.406. The van der Waals surface area contributed by atoms with Crippen LogP contribution in [0.25, 0.3) is 0 Å². The molecule has 3 heteroatoms. The third kappa shape index (κ3) is 2.48. The van der Waals surface area contributed by atoms with E-state index >= 15 is 0 Å². The lowest BCUT2D eigenvalue weighted by molar-refractivity contribution is 0.418. The van der Waals surface area contributed by atoms with Crippen molar-refractivity contribution in [2.24, 2.45) is 11.1 Å². The van der Waals surface area contributed by atoms with Crippen LogP contribution in [0.4, 0.5) is 5.82 Å². The molecule has 19 heavy (non-hydrogen) atoms. The van der Waals surface area contributed by atoms with Crippen LogP contribution in [0.5, 0.6) is 0 Å². The zero-order valence-corrected chi connectivity index (χ0v) is 12.2. The zero-order valence-electron chi connectivity index (χ0n) is 12.2. The Kier molecular flexibility index (Phi) is 3.25. The lowest BCUT2D eigenvalue weighted by Crippen LogP contribution is -2.26. The van der Waals surface area contributed by atoms with Crippen LogP contribution in [0.1, 0.15) is 49.9 Å². The molecule has 2 N–H and O–H groups in total. The molecule has 3 rings (SSSR count). The summed E-state index contributed by atoms with van der Waals surface area (Å²) in [5.41, 5.74) is 10.4. The van der Waals surface area contributed by atoms with Gasteiger partial charge in [-0.05, 0) is 49.1 Å². The Morgan fingerprint density at radius 3 is 2.79 bits per heavy atom. The van der Waals surface area contributed by atoms with Crippen LogP contribution >= 0.6 is 0 Å². The first-order valence-electron chi connectivity index (χ1n) is 7.56. The second-order valence-corrected chi connectivity index (χ2v) is 6.82. The van der Waals surface area contributed by atoms with Crippen LogP contribution in [-0.4, -0.2) is 18.1 Å². The maximum Gasteiger partial charge on any atom is 0.133 e. The molecule has 1 fully saturated rings. The molecular formula is C16H25N3. The summed E-state index contributed by atoms with van der Waals surface area (Å²) < 4.78 is 0. The van der Waals surface area contributed by atoms with E-state index in [1.54, 1.807) is 0 Å². The monoisotopic (exact) mass is 259 g/mol. The highest BCUT2D eigenvalue weighted by molar-refractivity contribution is 5.51. The van der Waals surface area contributed by atoms with Crippen LogP contribution in [0, 0.1) is 5.41 Å². The Hall–Kier alpha value is -1.09. The van der Waals surface area contributed by atoms with Gasteiger partial charge in [-0.2, -0.15) is 0 Å². The molecule has 0 aromatic carbocycles. The average Bonchev–Trinajstić information content (AvgIpc) is 2.77. The van der Waals surface area contributed by atoms with E-state index in [9.17, 15) is 0 Å². The van der Waals surface area contributed by atoms with Crippen LogP contribution < -0.4 is 10.6 Å². The second-order valence-electron chi connectivity index (χ2n) is 6.82. The molecular weight excluding hydrogens is 234 g/mol. The van der Waals surface area contributed by atoms with Gasteiger partial charge in [0.25, 0.3) is 0 Å². The molecule has 2 heterocycles. The molecule has 1 aromatic heterocycles. The van der Waals surface area contributed by atoms with E-state index in [1.165, 1.54) is 42.5 Å².